The van der Waals surface area contributed by atoms with Crippen LogP contribution >= 0.6 is 0 Å². The summed E-state index contributed by atoms with van der Waals surface area (Å²) in [6, 6.07) is 0. The number of unbranched alkanes of at least 4 members (excludes halogenated alkanes) is 41. The average Bonchev–Trinajstić information content (AvgIpc) is 3.31. The first kappa shape index (κ1) is 66.4. The van der Waals surface area contributed by atoms with Crippen molar-refractivity contribution in [3.63, 3.8) is 0 Å². The van der Waals surface area contributed by atoms with Gasteiger partial charge in [0.2, 0.25) is 0 Å². The van der Waals surface area contributed by atoms with Gasteiger partial charge in [0.25, 0.3) is 0 Å². The van der Waals surface area contributed by atoms with Crippen molar-refractivity contribution in [3.05, 3.63) is 0 Å². The van der Waals surface area contributed by atoms with Gasteiger partial charge in [0.05, 0.1) is 0 Å². The van der Waals surface area contributed by atoms with E-state index in [0.717, 1.165) is 69.6 Å². The summed E-state index contributed by atoms with van der Waals surface area (Å²) in [5.41, 5.74) is 0. The molecule has 0 aromatic heterocycles. The van der Waals surface area contributed by atoms with Crippen molar-refractivity contribution < 1.29 is 28.6 Å². The van der Waals surface area contributed by atoms with E-state index in [1.807, 2.05) is 0 Å². The molecule has 1 atom stereocenters. The Labute approximate surface area is 425 Å². The van der Waals surface area contributed by atoms with E-state index in [-0.39, 0.29) is 31.1 Å². The lowest BCUT2D eigenvalue weighted by atomic mass is 10.0. The van der Waals surface area contributed by atoms with Gasteiger partial charge in [-0.2, -0.15) is 0 Å². The van der Waals surface area contributed by atoms with Crippen LogP contribution < -0.4 is 0 Å². The molecule has 6 heteroatoms. The van der Waals surface area contributed by atoms with Gasteiger partial charge in [-0.05, 0) is 31.1 Å². The van der Waals surface area contributed by atoms with Crippen molar-refractivity contribution in [1.82, 2.24) is 0 Å². The van der Waals surface area contributed by atoms with Crippen molar-refractivity contribution >= 4 is 17.9 Å². The molecule has 0 aliphatic rings. The van der Waals surface area contributed by atoms with Crippen LogP contribution in [0.1, 0.15) is 349 Å². The van der Waals surface area contributed by atoms with E-state index in [4.69, 9.17) is 14.2 Å². The molecular weight excluding hydrogens is 841 g/mol. The molecular formula is C62H120O6. The highest BCUT2D eigenvalue weighted by Gasteiger charge is 2.19. The molecule has 0 spiro atoms. The third-order valence-electron chi connectivity index (χ3n) is 14.2. The van der Waals surface area contributed by atoms with E-state index in [0.29, 0.717) is 19.3 Å². The molecule has 0 bridgehead atoms. The highest BCUT2D eigenvalue weighted by Crippen LogP contribution is 2.19. The molecule has 0 fully saturated rings. The Kier molecular flexibility index (Phi) is 53.5. The van der Waals surface area contributed by atoms with Gasteiger partial charge in [0, 0.05) is 19.3 Å². The van der Waals surface area contributed by atoms with E-state index in [1.165, 1.54) is 238 Å². The molecule has 68 heavy (non-hydrogen) atoms. The van der Waals surface area contributed by atoms with Crippen LogP contribution in [0.15, 0.2) is 0 Å². The van der Waals surface area contributed by atoms with Gasteiger partial charge in [-0.25, -0.2) is 0 Å². The first-order chi connectivity index (χ1) is 33.2. The molecule has 0 unspecified atom stereocenters. The third-order valence-corrected chi connectivity index (χ3v) is 14.2. The van der Waals surface area contributed by atoms with Gasteiger partial charge in [-0.15, -0.1) is 0 Å². The predicted octanol–water partition coefficient (Wildman–Crippen LogP) is 20.4. The van der Waals surface area contributed by atoms with Crippen molar-refractivity contribution in [3.8, 4) is 0 Å². The molecule has 0 radical (unpaired) electrons. The normalized spacial score (nSPS) is 12.0. The van der Waals surface area contributed by atoms with Crippen LogP contribution in [0.4, 0.5) is 0 Å². The summed E-state index contributed by atoms with van der Waals surface area (Å²) in [6.07, 6.45) is 59.6. The second-order valence-electron chi connectivity index (χ2n) is 22.3. The van der Waals surface area contributed by atoms with Gasteiger partial charge in [-0.3, -0.25) is 14.4 Å². The Morgan fingerprint density at radius 3 is 0.721 bits per heavy atom. The number of hydrogen-bond donors (Lipinski definition) is 0. The van der Waals surface area contributed by atoms with Gasteiger partial charge in [-0.1, -0.05) is 311 Å². The van der Waals surface area contributed by atoms with Gasteiger partial charge >= 0.3 is 17.9 Å². The zero-order valence-electron chi connectivity index (χ0n) is 46.7. The Morgan fingerprint density at radius 2 is 0.485 bits per heavy atom. The SMILES string of the molecule is CCCCCCCCCCCCCCCCCCCC(=O)OC[C@@H](COC(=O)CCCCCCCCCCCC(C)C)OC(=O)CCCCCCCCCCCCCCCCCCCCC(C)C. The number of esters is 3. The number of carbonyl (C=O) groups is 3. The van der Waals surface area contributed by atoms with Gasteiger partial charge < -0.3 is 14.2 Å². The molecule has 0 N–H and O–H groups in total. The second-order valence-corrected chi connectivity index (χ2v) is 22.3. The lowest BCUT2D eigenvalue weighted by molar-refractivity contribution is -0.167. The molecule has 0 aliphatic carbocycles. The number of rotatable bonds is 56. The molecule has 0 rings (SSSR count). The maximum absolute atomic E-state index is 12.9. The Balaban J connectivity index is 4.25. The molecule has 6 nitrogen and oxygen atoms in total. The molecule has 0 aromatic carbocycles. The maximum Gasteiger partial charge on any atom is 0.306 e. The first-order valence-corrected chi connectivity index (χ1v) is 30.7. The van der Waals surface area contributed by atoms with Gasteiger partial charge in [0.1, 0.15) is 13.2 Å². The van der Waals surface area contributed by atoms with Crippen LogP contribution in [0, 0.1) is 11.8 Å². The minimum absolute atomic E-state index is 0.0624. The Bertz CT molecular complexity index is 1040. The number of carbonyl (C=O) groups excluding carboxylic acids is 3. The smallest absolute Gasteiger partial charge is 0.306 e. The van der Waals surface area contributed by atoms with E-state index in [1.54, 1.807) is 0 Å². The fourth-order valence-electron chi connectivity index (χ4n) is 9.58. The zero-order chi connectivity index (χ0) is 49.6. The summed E-state index contributed by atoms with van der Waals surface area (Å²) in [6.45, 7) is 11.4. The van der Waals surface area contributed by atoms with Crippen LogP contribution in [0.25, 0.3) is 0 Å². The molecule has 0 aliphatic heterocycles. The zero-order valence-corrected chi connectivity index (χ0v) is 46.7. The topological polar surface area (TPSA) is 78.9 Å². The summed E-state index contributed by atoms with van der Waals surface area (Å²) >= 11 is 0. The standard InChI is InChI=1S/C62H120O6/c1-6-7-8-9-10-11-12-13-14-17-21-24-27-32-37-42-47-52-60(63)66-55-59(56-67-61(64)53-48-43-38-34-29-31-36-41-46-51-58(4)5)68-62(65)54-49-44-39-33-28-25-22-19-16-15-18-20-23-26-30-35-40-45-50-57(2)3/h57-59H,6-56H2,1-5H3/t59-/m0/s1. The fraction of sp³-hybridized carbons (Fsp3) is 0.952. The van der Waals surface area contributed by atoms with Crippen molar-refractivity contribution in [2.45, 2.75) is 355 Å². The Hall–Kier alpha value is -1.59. The lowest BCUT2D eigenvalue weighted by Gasteiger charge is -2.18. The largest absolute Gasteiger partial charge is 0.462 e. The van der Waals surface area contributed by atoms with E-state index >= 15 is 0 Å². The average molecular weight is 962 g/mol. The fourth-order valence-corrected chi connectivity index (χ4v) is 9.58. The predicted molar refractivity (Wildman–Crippen MR) is 293 cm³/mol. The summed E-state index contributed by atoms with van der Waals surface area (Å²) in [5.74, 6) is 0.830. The highest BCUT2D eigenvalue weighted by atomic mass is 16.6. The van der Waals surface area contributed by atoms with Crippen LogP contribution in [-0.2, 0) is 28.6 Å². The molecule has 0 heterocycles. The monoisotopic (exact) mass is 961 g/mol. The van der Waals surface area contributed by atoms with Crippen LogP contribution in [-0.4, -0.2) is 37.2 Å². The molecule has 404 valence electrons. The van der Waals surface area contributed by atoms with E-state index in [2.05, 4.69) is 34.6 Å². The third kappa shape index (κ3) is 55.3. The minimum atomic E-state index is -0.763. The molecule has 0 amide bonds. The second kappa shape index (κ2) is 54.7. The van der Waals surface area contributed by atoms with E-state index in [9.17, 15) is 14.4 Å². The molecule has 0 saturated heterocycles. The van der Waals surface area contributed by atoms with E-state index < -0.39 is 6.10 Å². The van der Waals surface area contributed by atoms with Crippen LogP contribution in [0.3, 0.4) is 0 Å². The summed E-state index contributed by atoms with van der Waals surface area (Å²) in [5, 5.41) is 0. The Morgan fingerprint density at radius 1 is 0.279 bits per heavy atom. The highest BCUT2D eigenvalue weighted by molar-refractivity contribution is 5.71. The molecule has 0 saturated carbocycles. The lowest BCUT2D eigenvalue weighted by Crippen LogP contribution is -2.30. The summed E-state index contributed by atoms with van der Waals surface area (Å²) in [4.78, 5) is 38.2. The van der Waals surface area contributed by atoms with Crippen LogP contribution in [0.2, 0.25) is 0 Å². The first-order valence-electron chi connectivity index (χ1n) is 30.7. The van der Waals surface area contributed by atoms with Crippen molar-refractivity contribution in [2.75, 3.05) is 13.2 Å². The number of ether oxygens (including phenoxy) is 3. The maximum atomic E-state index is 12.9. The van der Waals surface area contributed by atoms with Crippen molar-refractivity contribution in [2.24, 2.45) is 11.8 Å². The number of hydrogen-bond acceptors (Lipinski definition) is 6. The molecule has 0 aromatic rings. The van der Waals surface area contributed by atoms with Gasteiger partial charge in [0.15, 0.2) is 6.10 Å². The summed E-state index contributed by atoms with van der Waals surface area (Å²) < 4.78 is 16.9. The van der Waals surface area contributed by atoms with Crippen LogP contribution in [0.5, 0.6) is 0 Å². The quantitative estimate of drug-likeness (QED) is 0.0343. The minimum Gasteiger partial charge on any atom is -0.462 e. The van der Waals surface area contributed by atoms with Crippen molar-refractivity contribution in [1.29, 1.82) is 0 Å². The summed E-state index contributed by atoms with van der Waals surface area (Å²) in [7, 11) is 0.